The van der Waals surface area contributed by atoms with E-state index >= 15 is 0 Å². The highest BCUT2D eigenvalue weighted by molar-refractivity contribution is 7.15. The summed E-state index contributed by atoms with van der Waals surface area (Å²) in [6.07, 6.45) is 3.66. The molecule has 1 N–H and O–H groups in total. The SMILES string of the molecule is O=C(COC(=O)c1c(Cl)nc2sccn12)NC[C@@H]1CCCO1. The normalized spacial score (nSPS) is 17.8. The van der Waals surface area contributed by atoms with Crippen LogP contribution in [0.1, 0.15) is 23.3 Å². The first-order valence-corrected chi connectivity index (χ1v) is 8.07. The Morgan fingerprint density at radius 2 is 2.45 bits per heavy atom. The zero-order valence-corrected chi connectivity index (χ0v) is 13.2. The molecule has 1 amide bonds. The Balaban J connectivity index is 1.52. The van der Waals surface area contributed by atoms with Gasteiger partial charge in [-0.05, 0) is 12.8 Å². The number of ether oxygens (including phenoxy) is 2. The van der Waals surface area contributed by atoms with Crippen molar-refractivity contribution >= 4 is 39.8 Å². The number of carbonyl (C=O) groups is 2. The van der Waals surface area contributed by atoms with Gasteiger partial charge in [0.25, 0.3) is 5.91 Å². The van der Waals surface area contributed by atoms with Crippen LogP contribution in [-0.4, -0.2) is 47.1 Å². The summed E-state index contributed by atoms with van der Waals surface area (Å²) in [5.41, 5.74) is 0.129. The third-order valence-electron chi connectivity index (χ3n) is 3.30. The molecule has 3 heterocycles. The average molecular weight is 344 g/mol. The molecule has 1 aliphatic rings. The first kappa shape index (κ1) is 15.3. The highest BCUT2D eigenvalue weighted by atomic mass is 35.5. The van der Waals surface area contributed by atoms with Gasteiger partial charge in [0.1, 0.15) is 0 Å². The number of hydrogen-bond acceptors (Lipinski definition) is 6. The van der Waals surface area contributed by atoms with Gasteiger partial charge in [0.05, 0.1) is 6.10 Å². The van der Waals surface area contributed by atoms with Crippen LogP contribution in [0.25, 0.3) is 4.96 Å². The van der Waals surface area contributed by atoms with Gasteiger partial charge in [-0.1, -0.05) is 11.6 Å². The van der Waals surface area contributed by atoms with Crippen LogP contribution in [0.3, 0.4) is 0 Å². The smallest absolute Gasteiger partial charge is 0.359 e. The van der Waals surface area contributed by atoms with Gasteiger partial charge in [-0.2, -0.15) is 0 Å². The van der Waals surface area contributed by atoms with Crippen molar-refractivity contribution in [1.82, 2.24) is 14.7 Å². The fourth-order valence-electron chi connectivity index (χ4n) is 2.23. The number of thiazole rings is 1. The number of rotatable bonds is 5. The van der Waals surface area contributed by atoms with Crippen LogP contribution in [0, 0.1) is 0 Å². The summed E-state index contributed by atoms with van der Waals surface area (Å²) < 4.78 is 11.9. The number of carbonyl (C=O) groups excluding carboxylic acids is 2. The van der Waals surface area contributed by atoms with E-state index in [0.29, 0.717) is 11.5 Å². The van der Waals surface area contributed by atoms with Gasteiger partial charge in [-0.15, -0.1) is 11.3 Å². The summed E-state index contributed by atoms with van der Waals surface area (Å²) in [7, 11) is 0. The van der Waals surface area contributed by atoms with E-state index in [1.54, 1.807) is 16.0 Å². The molecule has 7 nitrogen and oxygen atoms in total. The summed E-state index contributed by atoms with van der Waals surface area (Å²) >= 11 is 7.28. The molecule has 0 saturated carbocycles. The van der Waals surface area contributed by atoms with Crippen molar-refractivity contribution in [2.75, 3.05) is 19.8 Å². The molecule has 0 aliphatic carbocycles. The monoisotopic (exact) mass is 343 g/mol. The third kappa shape index (κ3) is 3.23. The number of amides is 1. The second-order valence-electron chi connectivity index (χ2n) is 4.82. The van der Waals surface area contributed by atoms with Gasteiger partial charge in [0.2, 0.25) is 0 Å². The second kappa shape index (κ2) is 6.64. The number of nitrogens with one attached hydrogen (secondary N) is 1. The van der Waals surface area contributed by atoms with E-state index in [9.17, 15) is 9.59 Å². The van der Waals surface area contributed by atoms with E-state index in [4.69, 9.17) is 21.1 Å². The molecular weight excluding hydrogens is 330 g/mol. The lowest BCUT2D eigenvalue weighted by Gasteiger charge is -2.10. The maximum absolute atomic E-state index is 12.0. The van der Waals surface area contributed by atoms with Crippen molar-refractivity contribution in [2.45, 2.75) is 18.9 Å². The number of nitrogens with zero attached hydrogens (tertiary/aromatic N) is 2. The van der Waals surface area contributed by atoms with E-state index in [1.807, 2.05) is 0 Å². The minimum absolute atomic E-state index is 0.0503. The summed E-state index contributed by atoms with van der Waals surface area (Å²) in [5, 5.41) is 4.53. The van der Waals surface area contributed by atoms with E-state index in [1.165, 1.54) is 11.3 Å². The molecule has 0 unspecified atom stereocenters. The molecule has 0 bridgehead atoms. The lowest BCUT2D eigenvalue weighted by Crippen LogP contribution is -2.34. The van der Waals surface area contributed by atoms with E-state index < -0.39 is 5.97 Å². The van der Waals surface area contributed by atoms with Crippen LogP contribution < -0.4 is 5.32 Å². The Hall–Kier alpha value is -1.64. The Kier molecular flexibility index (Phi) is 4.60. The molecule has 3 rings (SSSR count). The van der Waals surface area contributed by atoms with Crippen LogP contribution in [0.4, 0.5) is 0 Å². The van der Waals surface area contributed by atoms with E-state index in [0.717, 1.165) is 19.4 Å². The Morgan fingerprint density at radius 1 is 1.59 bits per heavy atom. The molecule has 1 saturated heterocycles. The maximum Gasteiger partial charge on any atom is 0.359 e. The zero-order valence-electron chi connectivity index (χ0n) is 11.6. The molecule has 1 aliphatic heterocycles. The fourth-order valence-corrected chi connectivity index (χ4v) is 3.24. The molecule has 9 heteroatoms. The predicted octanol–water partition coefficient (Wildman–Crippen LogP) is 1.50. The van der Waals surface area contributed by atoms with Crippen LogP contribution in [-0.2, 0) is 14.3 Å². The summed E-state index contributed by atoms with van der Waals surface area (Å²) in [4.78, 5) is 28.3. The molecule has 0 spiro atoms. The summed E-state index contributed by atoms with van der Waals surface area (Å²) in [6.45, 7) is 0.795. The molecule has 1 atom stereocenters. The van der Waals surface area contributed by atoms with E-state index in [-0.39, 0.29) is 29.5 Å². The maximum atomic E-state index is 12.0. The standard InChI is InChI=1S/C13H14ClN3O4S/c14-11-10(17-3-5-22-13(17)16-11)12(19)21-7-9(18)15-6-8-2-1-4-20-8/h3,5,8H,1-2,4,6-7H2,(H,15,18)/t8-/m0/s1. The summed E-state index contributed by atoms with van der Waals surface area (Å²) in [5.74, 6) is -1.05. The molecule has 1 fully saturated rings. The lowest BCUT2D eigenvalue weighted by atomic mass is 10.2. The predicted molar refractivity (Wildman–Crippen MR) is 80.3 cm³/mol. The number of hydrogen-bond donors (Lipinski definition) is 1. The Labute approximate surface area is 135 Å². The van der Waals surface area contributed by atoms with Gasteiger partial charge < -0.3 is 14.8 Å². The third-order valence-corrected chi connectivity index (χ3v) is 4.32. The number of aromatic nitrogens is 2. The molecular formula is C13H14ClN3O4S. The van der Waals surface area contributed by atoms with Gasteiger partial charge in [0.15, 0.2) is 22.4 Å². The second-order valence-corrected chi connectivity index (χ2v) is 6.05. The molecule has 118 valence electrons. The molecule has 2 aromatic rings. The van der Waals surface area contributed by atoms with Crippen LogP contribution in [0.5, 0.6) is 0 Å². The molecule has 0 radical (unpaired) electrons. The van der Waals surface area contributed by atoms with E-state index in [2.05, 4.69) is 10.3 Å². The summed E-state index contributed by atoms with van der Waals surface area (Å²) in [6, 6.07) is 0. The van der Waals surface area contributed by atoms with Gasteiger partial charge in [-0.25, -0.2) is 9.78 Å². The average Bonchev–Trinajstić information content (AvgIpc) is 3.19. The fraction of sp³-hybridized carbons (Fsp3) is 0.462. The van der Waals surface area contributed by atoms with Crippen molar-refractivity contribution in [1.29, 1.82) is 0 Å². The largest absolute Gasteiger partial charge is 0.451 e. The number of halogens is 1. The topological polar surface area (TPSA) is 81.9 Å². The lowest BCUT2D eigenvalue weighted by molar-refractivity contribution is -0.124. The molecule has 22 heavy (non-hydrogen) atoms. The van der Waals surface area contributed by atoms with Gasteiger partial charge in [0, 0.05) is 24.7 Å². The first-order chi connectivity index (χ1) is 10.6. The Morgan fingerprint density at radius 3 is 3.23 bits per heavy atom. The minimum Gasteiger partial charge on any atom is -0.451 e. The number of fused-ring (bicyclic) bond motifs is 1. The van der Waals surface area contributed by atoms with Crippen molar-refractivity contribution in [3.05, 3.63) is 22.4 Å². The molecule has 0 aromatic carbocycles. The van der Waals surface area contributed by atoms with Gasteiger partial charge in [-0.3, -0.25) is 9.20 Å². The van der Waals surface area contributed by atoms with Gasteiger partial charge >= 0.3 is 5.97 Å². The van der Waals surface area contributed by atoms with Crippen molar-refractivity contribution in [3.63, 3.8) is 0 Å². The quantitative estimate of drug-likeness (QED) is 0.832. The van der Waals surface area contributed by atoms with Crippen molar-refractivity contribution in [3.8, 4) is 0 Å². The first-order valence-electron chi connectivity index (χ1n) is 6.81. The number of esters is 1. The van der Waals surface area contributed by atoms with Crippen molar-refractivity contribution < 1.29 is 19.1 Å². The minimum atomic E-state index is -0.678. The van der Waals surface area contributed by atoms with Crippen molar-refractivity contribution in [2.24, 2.45) is 0 Å². The molecule has 2 aromatic heterocycles. The highest BCUT2D eigenvalue weighted by Crippen LogP contribution is 2.21. The highest BCUT2D eigenvalue weighted by Gasteiger charge is 2.21. The number of imidazole rings is 1. The van der Waals surface area contributed by atoms with Crippen LogP contribution in [0.2, 0.25) is 5.15 Å². The Bertz CT molecular complexity index is 693. The van der Waals surface area contributed by atoms with Crippen LogP contribution >= 0.6 is 22.9 Å². The van der Waals surface area contributed by atoms with Crippen LogP contribution in [0.15, 0.2) is 11.6 Å². The zero-order chi connectivity index (χ0) is 15.5.